The fourth-order valence-corrected chi connectivity index (χ4v) is 1.96. The highest BCUT2D eigenvalue weighted by molar-refractivity contribution is 5.30. The van der Waals surface area contributed by atoms with Crippen molar-refractivity contribution in [3.8, 4) is 17.6 Å². The van der Waals surface area contributed by atoms with E-state index in [0.29, 0.717) is 6.04 Å². The van der Waals surface area contributed by atoms with Gasteiger partial charge >= 0.3 is 0 Å². The maximum absolute atomic E-state index is 5.29. The third kappa shape index (κ3) is 5.34. The Morgan fingerprint density at radius 1 is 1.37 bits per heavy atom. The summed E-state index contributed by atoms with van der Waals surface area (Å²) in [4.78, 5) is 2.22. The summed E-state index contributed by atoms with van der Waals surface area (Å²) in [5.41, 5.74) is 1.26. The van der Waals surface area contributed by atoms with Gasteiger partial charge in [0.25, 0.3) is 0 Å². The molecule has 3 nitrogen and oxygen atoms in total. The molecule has 1 aromatic rings. The smallest absolute Gasteiger partial charge is 0.119 e. The second-order valence-corrected chi connectivity index (χ2v) is 4.64. The number of hydrogen-bond acceptors (Lipinski definition) is 3. The molecule has 0 fully saturated rings. The Labute approximate surface area is 117 Å². The number of hydrogen-bond donors (Lipinski definition) is 1. The van der Waals surface area contributed by atoms with Crippen LogP contribution in [0.5, 0.6) is 5.75 Å². The average molecular weight is 260 g/mol. The molecule has 0 radical (unpaired) electrons. The summed E-state index contributed by atoms with van der Waals surface area (Å²) >= 11 is 0. The number of benzene rings is 1. The fraction of sp³-hybridized carbons (Fsp3) is 0.500. The maximum atomic E-state index is 5.29. The summed E-state index contributed by atoms with van der Waals surface area (Å²) in [7, 11) is 5.89. The molecule has 0 bridgehead atoms. The number of ether oxygens (including phenoxy) is 1. The van der Waals surface area contributed by atoms with Crippen molar-refractivity contribution in [2.45, 2.75) is 19.4 Å². The van der Waals surface area contributed by atoms with Crippen molar-refractivity contribution in [2.24, 2.45) is 0 Å². The van der Waals surface area contributed by atoms with Gasteiger partial charge in [0.15, 0.2) is 0 Å². The van der Waals surface area contributed by atoms with E-state index >= 15 is 0 Å². The van der Waals surface area contributed by atoms with E-state index in [0.717, 1.165) is 25.3 Å². The Morgan fingerprint density at radius 3 is 2.79 bits per heavy atom. The molecule has 0 aliphatic heterocycles. The van der Waals surface area contributed by atoms with E-state index in [1.54, 1.807) is 7.11 Å². The molecule has 0 aromatic heterocycles. The van der Waals surface area contributed by atoms with Crippen molar-refractivity contribution in [3.05, 3.63) is 29.8 Å². The first-order valence-electron chi connectivity index (χ1n) is 6.59. The van der Waals surface area contributed by atoms with Gasteiger partial charge in [-0.1, -0.05) is 12.1 Å². The monoisotopic (exact) mass is 260 g/mol. The van der Waals surface area contributed by atoms with E-state index in [9.17, 15) is 0 Å². The lowest BCUT2D eigenvalue weighted by molar-refractivity contribution is 0.288. The van der Waals surface area contributed by atoms with Gasteiger partial charge in [-0.2, -0.15) is 0 Å². The summed E-state index contributed by atoms with van der Waals surface area (Å²) < 4.78 is 5.29. The topological polar surface area (TPSA) is 24.5 Å². The number of likely N-dealkylation sites (N-methyl/N-ethyl adjacent to an activating group) is 1. The third-order valence-corrected chi connectivity index (χ3v) is 3.04. The zero-order valence-electron chi connectivity index (χ0n) is 12.4. The van der Waals surface area contributed by atoms with Crippen molar-refractivity contribution in [2.75, 3.05) is 34.3 Å². The zero-order chi connectivity index (χ0) is 14.1. The molecule has 0 heterocycles. The summed E-state index contributed by atoms with van der Waals surface area (Å²) in [6.45, 7) is 3.71. The number of nitrogens with zero attached hydrogens (tertiary/aromatic N) is 1. The first-order chi connectivity index (χ1) is 9.19. The van der Waals surface area contributed by atoms with Gasteiger partial charge in [-0.3, -0.25) is 0 Å². The van der Waals surface area contributed by atoms with Crippen LogP contribution >= 0.6 is 0 Å². The largest absolute Gasteiger partial charge is 0.497 e. The van der Waals surface area contributed by atoms with Gasteiger partial charge in [-0.05, 0) is 38.7 Å². The molecule has 19 heavy (non-hydrogen) atoms. The lowest BCUT2D eigenvalue weighted by Gasteiger charge is -2.25. The van der Waals surface area contributed by atoms with Gasteiger partial charge in [0, 0.05) is 25.6 Å². The van der Waals surface area contributed by atoms with Crippen LogP contribution in [0, 0.1) is 11.8 Å². The lowest BCUT2D eigenvalue weighted by atomic mass is 10.1. The Balaban J connectivity index is 2.62. The van der Waals surface area contributed by atoms with Crippen LogP contribution in [0.15, 0.2) is 24.3 Å². The van der Waals surface area contributed by atoms with Crippen molar-refractivity contribution in [1.82, 2.24) is 10.2 Å². The molecule has 0 saturated heterocycles. The van der Waals surface area contributed by atoms with Gasteiger partial charge in [-0.15, -0.1) is 11.8 Å². The molecule has 3 heteroatoms. The minimum absolute atomic E-state index is 0.338. The van der Waals surface area contributed by atoms with Crippen LogP contribution in [0.4, 0.5) is 0 Å². The number of rotatable bonds is 7. The first-order valence-corrected chi connectivity index (χ1v) is 6.59. The van der Waals surface area contributed by atoms with Gasteiger partial charge in [-0.25, -0.2) is 0 Å². The summed E-state index contributed by atoms with van der Waals surface area (Å²) in [6, 6.07) is 8.58. The standard InChI is InChI=1S/C16H24N2O/c1-5-6-7-11-17-13-16(18(2)3)14-9-8-10-15(12-14)19-4/h8-10,12,16-17H,7,11,13H2,1-4H3. The predicted molar refractivity (Wildman–Crippen MR) is 80.4 cm³/mol. The minimum Gasteiger partial charge on any atom is -0.497 e. The maximum Gasteiger partial charge on any atom is 0.119 e. The van der Waals surface area contributed by atoms with Crippen LogP contribution in [0.25, 0.3) is 0 Å². The second kappa shape index (κ2) is 8.58. The highest BCUT2D eigenvalue weighted by Gasteiger charge is 2.13. The molecule has 0 amide bonds. The van der Waals surface area contributed by atoms with Crippen molar-refractivity contribution >= 4 is 0 Å². The molecule has 1 aromatic carbocycles. The molecule has 0 aliphatic carbocycles. The Bertz CT molecular complexity index is 432. The van der Waals surface area contributed by atoms with E-state index in [1.807, 2.05) is 19.1 Å². The van der Waals surface area contributed by atoms with Crippen LogP contribution in [0.3, 0.4) is 0 Å². The Hall–Kier alpha value is -1.50. The van der Waals surface area contributed by atoms with E-state index in [-0.39, 0.29) is 0 Å². The molecule has 1 unspecified atom stereocenters. The van der Waals surface area contributed by atoms with Crippen LogP contribution in [-0.4, -0.2) is 39.2 Å². The van der Waals surface area contributed by atoms with Crippen LogP contribution in [-0.2, 0) is 0 Å². The van der Waals surface area contributed by atoms with Crippen molar-refractivity contribution < 1.29 is 4.74 Å². The molecule has 1 atom stereocenters. The normalized spacial score (nSPS) is 11.8. The quantitative estimate of drug-likeness (QED) is 0.601. The molecule has 1 rings (SSSR count). The van der Waals surface area contributed by atoms with Gasteiger partial charge < -0.3 is 15.0 Å². The summed E-state index contributed by atoms with van der Waals surface area (Å²) in [5, 5.41) is 3.45. The van der Waals surface area contributed by atoms with Gasteiger partial charge in [0.2, 0.25) is 0 Å². The van der Waals surface area contributed by atoms with Crippen LogP contribution < -0.4 is 10.1 Å². The van der Waals surface area contributed by atoms with E-state index in [2.05, 4.69) is 48.3 Å². The van der Waals surface area contributed by atoms with Gasteiger partial charge in [0.1, 0.15) is 5.75 Å². The third-order valence-electron chi connectivity index (χ3n) is 3.04. The molecule has 1 N–H and O–H groups in total. The van der Waals surface area contributed by atoms with E-state index < -0.39 is 0 Å². The fourth-order valence-electron chi connectivity index (χ4n) is 1.96. The van der Waals surface area contributed by atoms with Crippen molar-refractivity contribution in [3.63, 3.8) is 0 Å². The molecule has 0 saturated carbocycles. The molecule has 104 valence electrons. The Kier molecular flexibility index (Phi) is 7.02. The average Bonchev–Trinajstić information content (AvgIpc) is 2.42. The molecular formula is C16H24N2O. The first kappa shape index (κ1) is 15.6. The van der Waals surface area contributed by atoms with Crippen LogP contribution in [0.2, 0.25) is 0 Å². The van der Waals surface area contributed by atoms with Crippen LogP contribution in [0.1, 0.15) is 24.9 Å². The van der Waals surface area contributed by atoms with Gasteiger partial charge in [0.05, 0.1) is 7.11 Å². The van der Waals surface area contributed by atoms with Crippen molar-refractivity contribution in [1.29, 1.82) is 0 Å². The Morgan fingerprint density at radius 2 is 2.16 bits per heavy atom. The lowest BCUT2D eigenvalue weighted by Crippen LogP contribution is -2.31. The van der Waals surface area contributed by atoms with E-state index in [4.69, 9.17) is 4.74 Å². The van der Waals surface area contributed by atoms with E-state index in [1.165, 1.54) is 5.56 Å². The SMILES string of the molecule is CC#CCCNCC(c1cccc(OC)c1)N(C)C. The molecule has 0 aliphatic rings. The molecular weight excluding hydrogens is 236 g/mol. The number of nitrogens with one attached hydrogen (secondary N) is 1. The summed E-state index contributed by atoms with van der Waals surface area (Å²) in [5.74, 6) is 6.88. The number of methoxy groups -OCH3 is 1. The zero-order valence-corrected chi connectivity index (χ0v) is 12.4. The highest BCUT2D eigenvalue weighted by Crippen LogP contribution is 2.21. The summed E-state index contributed by atoms with van der Waals surface area (Å²) in [6.07, 6.45) is 0.898. The predicted octanol–water partition coefficient (Wildman–Crippen LogP) is 2.30. The highest BCUT2D eigenvalue weighted by atomic mass is 16.5. The molecule has 0 spiro atoms. The second-order valence-electron chi connectivity index (χ2n) is 4.64. The minimum atomic E-state index is 0.338.